The van der Waals surface area contributed by atoms with Gasteiger partial charge in [0.25, 0.3) is 5.91 Å². The van der Waals surface area contributed by atoms with Crippen molar-refractivity contribution in [2.45, 2.75) is 38.2 Å². The van der Waals surface area contributed by atoms with Gasteiger partial charge in [0, 0.05) is 17.9 Å². The lowest BCUT2D eigenvalue weighted by Crippen LogP contribution is -2.57. The molecule has 40 heavy (non-hydrogen) atoms. The number of nitrogens with zero attached hydrogens (tertiary/aromatic N) is 1. The number of carbonyl (C=O) groups is 3. The van der Waals surface area contributed by atoms with E-state index in [0.717, 1.165) is 16.9 Å². The molecule has 0 fully saturated rings. The van der Waals surface area contributed by atoms with Crippen molar-refractivity contribution in [1.29, 1.82) is 0 Å². The molecule has 1 amide bonds. The maximum absolute atomic E-state index is 13.8. The van der Waals surface area contributed by atoms with Crippen molar-refractivity contribution >= 4 is 29.2 Å². The van der Waals surface area contributed by atoms with E-state index in [0.29, 0.717) is 17.5 Å². The van der Waals surface area contributed by atoms with Crippen molar-refractivity contribution < 1.29 is 34.4 Å². The largest absolute Gasteiger partial charge is 0.511 e. The number of primary amides is 1. The highest BCUT2D eigenvalue weighted by molar-refractivity contribution is 6.24. The summed E-state index contributed by atoms with van der Waals surface area (Å²) in [5.74, 6) is -5.50. The Hall–Kier alpha value is -4.57. The molecule has 3 aliphatic carbocycles. The minimum Gasteiger partial charge on any atom is -0.511 e. The van der Waals surface area contributed by atoms with Gasteiger partial charge in [0.1, 0.15) is 28.5 Å². The highest BCUT2D eigenvalue weighted by Gasteiger charge is 2.59. The van der Waals surface area contributed by atoms with E-state index in [4.69, 9.17) is 10.5 Å². The second-order valence-corrected chi connectivity index (χ2v) is 10.4. The number of ether oxygens (including phenoxy) is 1. The number of rotatable bonds is 6. The molecule has 0 bridgehead atoms. The van der Waals surface area contributed by atoms with Crippen molar-refractivity contribution in [3.8, 4) is 5.75 Å². The maximum atomic E-state index is 13.8. The van der Waals surface area contributed by atoms with Crippen molar-refractivity contribution in [2.24, 2.45) is 22.7 Å². The Morgan fingerprint density at radius 3 is 2.62 bits per heavy atom. The number of Topliss-reactive ketones (excluding diaryl/α,β-unsaturated/α-hetero) is 2. The standard InChI is InChI=1S/C30H28N2O8/c1-14-15(6-4-8-22(14)40-2)5-3-7-16-9-10-20(32-39)24-19(16)12-17-11-18-13-21(33)25(29(31)37)28(36)30(18,38)27(35)23(17)26(24)34/h3-4,6-10,17-18,33,35,38H,5,11-13H2,1-2H3,(H2,31,37)/b7-3-/t17-,18+,30+/m1/s1. The first kappa shape index (κ1) is 27.0. The Morgan fingerprint density at radius 1 is 1.20 bits per heavy atom. The van der Waals surface area contributed by atoms with E-state index >= 15 is 0 Å². The molecule has 5 N–H and O–H groups in total. The summed E-state index contributed by atoms with van der Waals surface area (Å²) in [5, 5.41) is 35.9. The molecule has 5 rings (SSSR count). The van der Waals surface area contributed by atoms with E-state index in [9.17, 15) is 34.6 Å². The minimum absolute atomic E-state index is 0.00802. The maximum Gasteiger partial charge on any atom is 0.255 e. The van der Waals surface area contributed by atoms with E-state index < -0.39 is 52.0 Å². The fourth-order valence-corrected chi connectivity index (χ4v) is 6.29. The van der Waals surface area contributed by atoms with Crippen LogP contribution in [0.15, 0.2) is 64.2 Å². The predicted octanol–water partition coefficient (Wildman–Crippen LogP) is 3.85. The number of fused-ring (bicyclic) bond motifs is 3. The Kier molecular flexibility index (Phi) is 6.67. The van der Waals surface area contributed by atoms with Crippen LogP contribution in [0.5, 0.6) is 5.75 Å². The molecule has 0 saturated carbocycles. The number of benzene rings is 2. The fourth-order valence-electron chi connectivity index (χ4n) is 6.29. The molecule has 10 nitrogen and oxygen atoms in total. The number of allylic oxidation sites excluding steroid dienone is 3. The number of nitroso groups, excluding NO2 is 1. The highest BCUT2D eigenvalue weighted by atomic mass is 16.5. The summed E-state index contributed by atoms with van der Waals surface area (Å²) >= 11 is 0. The zero-order valence-electron chi connectivity index (χ0n) is 21.9. The molecule has 0 saturated heterocycles. The Morgan fingerprint density at radius 2 is 1.95 bits per heavy atom. The molecule has 0 spiro atoms. The molecular weight excluding hydrogens is 516 g/mol. The lowest BCUT2D eigenvalue weighted by atomic mass is 9.60. The zero-order valence-corrected chi connectivity index (χ0v) is 21.9. The zero-order chi connectivity index (χ0) is 28.9. The molecule has 0 radical (unpaired) electrons. The third kappa shape index (κ3) is 3.94. The topological polar surface area (TPSA) is 177 Å². The van der Waals surface area contributed by atoms with E-state index in [-0.39, 0.29) is 36.1 Å². The van der Waals surface area contributed by atoms with Crippen LogP contribution in [0.25, 0.3) is 6.08 Å². The number of hydrogen-bond acceptors (Lipinski definition) is 9. The van der Waals surface area contributed by atoms with Crippen LogP contribution in [-0.2, 0) is 22.4 Å². The SMILES string of the molecule is COc1cccc(C/C=C\c2ccc(N=O)c3c2C[C@H]2C[C@H]4CC(O)=C(C(N)=O)C(=O)[C@@]4(O)C(O)=C2C3=O)c1C. The highest BCUT2D eigenvalue weighted by Crippen LogP contribution is 2.51. The van der Waals surface area contributed by atoms with Crippen LogP contribution < -0.4 is 10.5 Å². The second-order valence-electron chi connectivity index (χ2n) is 10.4. The summed E-state index contributed by atoms with van der Waals surface area (Å²) in [6.07, 6.45) is 4.37. The monoisotopic (exact) mass is 544 g/mol. The Labute approximate surface area is 229 Å². The summed E-state index contributed by atoms with van der Waals surface area (Å²) < 4.78 is 5.39. The van der Waals surface area contributed by atoms with Crippen LogP contribution in [0, 0.1) is 23.7 Å². The predicted molar refractivity (Wildman–Crippen MR) is 145 cm³/mol. The molecular formula is C30H28N2O8. The van der Waals surface area contributed by atoms with Crippen LogP contribution in [0.2, 0.25) is 0 Å². The van der Waals surface area contributed by atoms with Crippen LogP contribution >= 0.6 is 0 Å². The first-order chi connectivity index (χ1) is 19.0. The van der Waals surface area contributed by atoms with E-state index in [1.807, 2.05) is 37.3 Å². The molecule has 0 aromatic heterocycles. The van der Waals surface area contributed by atoms with Crippen molar-refractivity contribution in [2.75, 3.05) is 7.11 Å². The van der Waals surface area contributed by atoms with Gasteiger partial charge in [0.15, 0.2) is 11.4 Å². The summed E-state index contributed by atoms with van der Waals surface area (Å²) in [6, 6.07) is 8.88. The molecule has 2 aromatic carbocycles. The summed E-state index contributed by atoms with van der Waals surface area (Å²) in [4.78, 5) is 50.3. The molecule has 3 atom stereocenters. The molecule has 206 valence electrons. The number of nitrogens with two attached hydrogens (primary N) is 1. The van der Waals surface area contributed by atoms with Gasteiger partial charge in [-0.3, -0.25) is 14.4 Å². The first-order valence-electron chi connectivity index (χ1n) is 12.8. The number of hydrogen-bond donors (Lipinski definition) is 4. The van der Waals surface area contributed by atoms with Crippen LogP contribution in [0.4, 0.5) is 5.69 Å². The van der Waals surface area contributed by atoms with Crippen molar-refractivity contribution in [1.82, 2.24) is 0 Å². The summed E-state index contributed by atoms with van der Waals surface area (Å²) in [5.41, 5.74) is 4.80. The first-order valence-corrected chi connectivity index (χ1v) is 12.8. The molecule has 0 heterocycles. The van der Waals surface area contributed by atoms with E-state index in [1.54, 1.807) is 13.2 Å². The van der Waals surface area contributed by atoms with Gasteiger partial charge in [-0.15, -0.1) is 4.91 Å². The van der Waals surface area contributed by atoms with Gasteiger partial charge < -0.3 is 25.8 Å². The second kappa shape index (κ2) is 9.87. The van der Waals surface area contributed by atoms with E-state index in [1.165, 1.54) is 6.07 Å². The molecule has 3 aliphatic rings. The number of amides is 1. The fraction of sp³-hybridized carbons (Fsp3) is 0.300. The Bertz CT molecular complexity index is 1580. The number of aliphatic hydroxyl groups is 3. The third-order valence-corrected chi connectivity index (χ3v) is 8.33. The van der Waals surface area contributed by atoms with Gasteiger partial charge in [-0.25, -0.2) is 0 Å². The van der Waals surface area contributed by atoms with Gasteiger partial charge in [-0.2, -0.15) is 0 Å². The lowest BCUT2D eigenvalue weighted by molar-refractivity contribution is -0.144. The summed E-state index contributed by atoms with van der Waals surface area (Å²) in [6.45, 7) is 1.97. The van der Waals surface area contributed by atoms with Crippen molar-refractivity contribution in [3.05, 3.63) is 91.8 Å². The van der Waals surface area contributed by atoms with Gasteiger partial charge >= 0.3 is 0 Å². The van der Waals surface area contributed by atoms with Gasteiger partial charge in [-0.1, -0.05) is 30.4 Å². The lowest BCUT2D eigenvalue weighted by Gasteiger charge is -2.45. The number of ketones is 2. The third-order valence-electron chi connectivity index (χ3n) is 8.33. The smallest absolute Gasteiger partial charge is 0.255 e. The van der Waals surface area contributed by atoms with Crippen LogP contribution in [0.1, 0.15) is 45.5 Å². The Balaban J connectivity index is 1.56. The average molecular weight is 545 g/mol. The molecule has 2 aromatic rings. The normalized spacial score (nSPS) is 24.1. The quantitative estimate of drug-likeness (QED) is 0.313. The number of aliphatic hydroxyl groups excluding tert-OH is 2. The molecule has 0 unspecified atom stereocenters. The average Bonchev–Trinajstić information content (AvgIpc) is 2.91. The minimum atomic E-state index is -2.60. The molecule has 0 aliphatic heterocycles. The van der Waals surface area contributed by atoms with Gasteiger partial charge in [0.2, 0.25) is 5.78 Å². The number of carbonyl (C=O) groups excluding carboxylic acids is 3. The van der Waals surface area contributed by atoms with E-state index in [2.05, 4.69) is 5.18 Å². The van der Waals surface area contributed by atoms with Crippen molar-refractivity contribution in [3.63, 3.8) is 0 Å². The number of methoxy groups -OCH3 is 1. The summed E-state index contributed by atoms with van der Waals surface area (Å²) in [7, 11) is 1.61. The van der Waals surface area contributed by atoms with Crippen LogP contribution in [0.3, 0.4) is 0 Å². The van der Waals surface area contributed by atoms with Gasteiger partial charge in [-0.05, 0) is 71.7 Å². The van der Waals surface area contributed by atoms with Gasteiger partial charge in [0.05, 0.1) is 12.7 Å². The van der Waals surface area contributed by atoms with Crippen LogP contribution in [-0.4, -0.2) is 45.5 Å². The molecule has 10 heteroatoms.